The molecule has 100 valence electrons. The second-order valence-electron chi connectivity index (χ2n) is 4.51. The highest BCUT2D eigenvalue weighted by Gasteiger charge is 2.29. The van der Waals surface area contributed by atoms with Gasteiger partial charge in [-0.05, 0) is 36.6 Å². The van der Waals surface area contributed by atoms with Gasteiger partial charge in [0, 0.05) is 24.1 Å². The van der Waals surface area contributed by atoms with Crippen LogP contribution in [0.3, 0.4) is 0 Å². The van der Waals surface area contributed by atoms with Crippen LogP contribution in [-0.4, -0.2) is 17.0 Å². The fourth-order valence-electron chi connectivity index (χ4n) is 1.67. The van der Waals surface area contributed by atoms with Crippen molar-refractivity contribution in [3.05, 3.63) is 41.2 Å². The number of aliphatic carboxylic acids is 1. The molecule has 19 heavy (non-hydrogen) atoms. The van der Waals surface area contributed by atoms with E-state index in [1.54, 1.807) is 0 Å². The molecule has 0 unspecified atom stereocenters. The summed E-state index contributed by atoms with van der Waals surface area (Å²) in [7, 11) is 0. The van der Waals surface area contributed by atoms with Gasteiger partial charge in [-0.3, -0.25) is 4.79 Å². The Hall–Kier alpha value is -2.17. The Morgan fingerprint density at radius 1 is 1.42 bits per heavy atom. The van der Waals surface area contributed by atoms with Gasteiger partial charge in [0.15, 0.2) is 0 Å². The summed E-state index contributed by atoms with van der Waals surface area (Å²) in [5.41, 5.74) is 0.931. The number of carboxylic acids is 1. The van der Waals surface area contributed by atoms with Gasteiger partial charge in [-0.1, -0.05) is 6.07 Å². The maximum atomic E-state index is 13.5. The zero-order chi connectivity index (χ0) is 13.8. The van der Waals surface area contributed by atoms with Gasteiger partial charge in [0.25, 0.3) is 0 Å². The zero-order valence-corrected chi connectivity index (χ0v) is 10.2. The molecule has 1 amide bonds. The summed E-state index contributed by atoms with van der Waals surface area (Å²) in [5, 5.41) is 11.2. The van der Waals surface area contributed by atoms with Crippen molar-refractivity contribution in [2.75, 3.05) is 0 Å². The third-order valence-electron chi connectivity index (χ3n) is 2.89. The van der Waals surface area contributed by atoms with Gasteiger partial charge in [-0.15, -0.1) is 0 Å². The highest BCUT2D eigenvalue weighted by atomic mass is 19.1. The number of carbonyl (C=O) groups is 2. The second kappa shape index (κ2) is 5.65. The van der Waals surface area contributed by atoms with Crippen molar-refractivity contribution in [3.8, 4) is 0 Å². The Labute approximate surface area is 109 Å². The van der Waals surface area contributed by atoms with E-state index < -0.39 is 11.8 Å². The molecule has 1 fully saturated rings. The van der Waals surface area contributed by atoms with Crippen LogP contribution in [0.2, 0.25) is 0 Å². The van der Waals surface area contributed by atoms with E-state index in [1.807, 2.05) is 0 Å². The lowest BCUT2D eigenvalue weighted by Gasteiger charge is -2.06. The molecule has 0 atom stereocenters. The fourth-order valence-corrected chi connectivity index (χ4v) is 1.67. The van der Waals surface area contributed by atoms with Crippen LogP contribution < -0.4 is 5.32 Å². The number of carbonyl (C=O) groups excluding carboxylic acids is 1. The van der Waals surface area contributed by atoms with Crippen molar-refractivity contribution >= 4 is 18.0 Å². The standard InChI is InChI=1S/C14H14FNO3/c15-12-5-1-9(2-6-13(17)18)7-11(12)8-16-14(19)10-3-4-10/h1-2,5-7,10H,3-4,8H2,(H,16,19)(H,17,18)/b6-2+. The number of nitrogens with one attached hydrogen (secondary N) is 1. The molecule has 1 aromatic carbocycles. The number of benzene rings is 1. The SMILES string of the molecule is O=C(O)/C=C/c1ccc(F)c(CNC(=O)C2CC2)c1. The first-order valence-corrected chi connectivity index (χ1v) is 6.03. The molecule has 4 nitrogen and oxygen atoms in total. The van der Waals surface area contributed by atoms with E-state index in [2.05, 4.69) is 5.32 Å². The molecule has 0 spiro atoms. The minimum atomic E-state index is -1.06. The molecule has 0 saturated heterocycles. The molecule has 1 aliphatic rings. The first-order chi connectivity index (χ1) is 9.06. The van der Waals surface area contributed by atoms with Crippen molar-refractivity contribution in [1.82, 2.24) is 5.32 Å². The van der Waals surface area contributed by atoms with Crippen molar-refractivity contribution in [3.63, 3.8) is 0 Å². The molecule has 2 N–H and O–H groups in total. The topological polar surface area (TPSA) is 66.4 Å². The Morgan fingerprint density at radius 3 is 2.79 bits per heavy atom. The van der Waals surface area contributed by atoms with Gasteiger partial charge in [-0.25, -0.2) is 9.18 Å². The van der Waals surface area contributed by atoms with Crippen LogP contribution in [0, 0.1) is 11.7 Å². The fraction of sp³-hybridized carbons (Fsp3) is 0.286. The van der Waals surface area contributed by atoms with Gasteiger partial charge >= 0.3 is 5.97 Å². The van der Waals surface area contributed by atoms with E-state index in [0.29, 0.717) is 11.1 Å². The lowest BCUT2D eigenvalue weighted by Crippen LogP contribution is -2.24. The molecule has 0 aromatic heterocycles. The maximum absolute atomic E-state index is 13.5. The summed E-state index contributed by atoms with van der Waals surface area (Å²) >= 11 is 0. The van der Waals surface area contributed by atoms with Crippen molar-refractivity contribution in [2.24, 2.45) is 5.92 Å². The lowest BCUT2D eigenvalue weighted by molar-refractivity contribution is -0.131. The third-order valence-corrected chi connectivity index (χ3v) is 2.89. The zero-order valence-electron chi connectivity index (χ0n) is 10.2. The number of amides is 1. The number of hydrogen-bond acceptors (Lipinski definition) is 2. The molecule has 0 bridgehead atoms. The van der Waals surface area contributed by atoms with E-state index in [1.165, 1.54) is 24.3 Å². The lowest BCUT2D eigenvalue weighted by atomic mass is 10.1. The number of halogens is 1. The van der Waals surface area contributed by atoms with Crippen LogP contribution in [0.4, 0.5) is 4.39 Å². The highest BCUT2D eigenvalue weighted by molar-refractivity contribution is 5.85. The van der Waals surface area contributed by atoms with Crippen molar-refractivity contribution in [2.45, 2.75) is 19.4 Å². The molecule has 5 heteroatoms. The Kier molecular flexibility index (Phi) is 3.94. The molecule has 0 radical (unpaired) electrons. The van der Waals surface area contributed by atoms with Crippen LogP contribution in [0.5, 0.6) is 0 Å². The molecule has 0 aliphatic heterocycles. The summed E-state index contributed by atoms with van der Waals surface area (Å²) in [6.07, 6.45) is 4.17. The Morgan fingerprint density at radius 2 is 2.16 bits per heavy atom. The van der Waals surface area contributed by atoms with Gasteiger partial charge in [0.05, 0.1) is 0 Å². The predicted molar refractivity (Wildman–Crippen MR) is 67.6 cm³/mol. The minimum absolute atomic E-state index is 0.0501. The first kappa shape index (κ1) is 13.3. The van der Waals surface area contributed by atoms with Crippen LogP contribution in [0.1, 0.15) is 24.0 Å². The normalized spacial score (nSPS) is 14.6. The average Bonchev–Trinajstić information content (AvgIpc) is 3.20. The summed E-state index contributed by atoms with van der Waals surface area (Å²) in [4.78, 5) is 21.9. The highest BCUT2D eigenvalue weighted by Crippen LogP contribution is 2.28. The summed E-state index contributed by atoms with van der Waals surface area (Å²) in [5.74, 6) is -1.44. The molecule has 1 aromatic rings. The minimum Gasteiger partial charge on any atom is -0.478 e. The summed E-state index contributed by atoms with van der Waals surface area (Å²) < 4.78 is 13.5. The monoisotopic (exact) mass is 263 g/mol. The third kappa shape index (κ3) is 3.91. The summed E-state index contributed by atoms with van der Waals surface area (Å²) in [6.45, 7) is 0.121. The molecule has 2 rings (SSSR count). The van der Waals surface area contributed by atoms with Crippen LogP contribution in [0.25, 0.3) is 6.08 Å². The molecule has 1 aliphatic carbocycles. The molecular weight excluding hydrogens is 249 g/mol. The number of carboxylic acid groups (broad SMARTS) is 1. The average molecular weight is 263 g/mol. The van der Waals surface area contributed by atoms with Crippen LogP contribution in [-0.2, 0) is 16.1 Å². The van der Waals surface area contributed by atoms with Crippen LogP contribution >= 0.6 is 0 Å². The molecular formula is C14H14FNO3. The predicted octanol–water partition coefficient (Wildman–Crippen LogP) is 1.95. The van der Waals surface area contributed by atoms with E-state index in [9.17, 15) is 14.0 Å². The summed E-state index contributed by atoms with van der Waals surface area (Å²) in [6, 6.07) is 4.28. The van der Waals surface area contributed by atoms with E-state index in [0.717, 1.165) is 18.9 Å². The van der Waals surface area contributed by atoms with Gasteiger partial charge in [0.1, 0.15) is 5.82 Å². The Bertz CT molecular complexity index is 535. The van der Waals surface area contributed by atoms with Crippen LogP contribution in [0.15, 0.2) is 24.3 Å². The molecule has 1 saturated carbocycles. The van der Waals surface area contributed by atoms with Gasteiger partial charge in [0.2, 0.25) is 5.91 Å². The van der Waals surface area contributed by atoms with Gasteiger partial charge < -0.3 is 10.4 Å². The maximum Gasteiger partial charge on any atom is 0.328 e. The van der Waals surface area contributed by atoms with Gasteiger partial charge in [-0.2, -0.15) is 0 Å². The Balaban J connectivity index is 2.03. The quantitative estimate of drug-likeness (QED) is 0.798. The van der Waals surface area contributed by atoms with E-state index in [4.69, 9.17) is 5.11 Å². The van der Waals surface area contributed by atoms with E-state index in [-0.39, 0.29) is 18.4 Å². The smallest absolute Gasteiger partial charge is 0.328 e. The second-order valence-corrected chi connectivity index (χ2v) is 4.51. The number of hydrogen-bond donors (Lipinski definition) is 2. The van der Waals surface area contributed by atoms with Crippen molar-refractivity contribution in [1.29, 1.82) is 0 Å². The van der Waals surface area contributed by atoms with Crippen molar-refractivity contribution < 1.29 is 19.1 Å². The molecule has 0 heterocycles. The number of rotatable bonds is 5. The first-order valence-electron chi connectivity index (χ1n) is 6.03. The van der Waals surface area contributed by atoms with E-state index >= 15 is 0 Å². The largest absolute Gasteiger partial charge is 0.478 e.